The van der Waals surface area contributed by atoms with Gasteiger partial charge in [-0.2, -0.15) is 0 Å². The van der Waals surface area contributed by atoms with Gasteiger partial charge >= 0.3 is 0 Å². The highest BCUT2D eigenvalue weighted by atomic mass is 32.2. The van der Waals surface area contributed by atoms with E-state index < -0.39 is 20.0 Å². The third-order valence-electron chi connectivity index (χ3n) is 3.32. The van der Waals surface area contributed by atoms with E-state index in [-0.39, 0.29) is 22.9 Å². The lowest BCUT2D eigenvalue weighted by atomic mass is 10.3. The molecule has 0 aliphatic rings. The van der Waals surface area contributed by atoms with E-state index in [1.807, 2.05) is 0 Å². The van der Waals surface area contributed by atoms with Crippen molar-refractivity contribution in [2.45, 2.75) is 9.79 Å². The monoisotopic (exact) mass is 384 g/mol. The summed E-state index contributed by atoms with van der Waals surface area (Å²) in [5.41, 5.74) is 0. The molecule has 0 bridgehead atoms. The second kappa shape index (κ2) is 7.96. The fraction of sp³-hybridized carbons (Fsp3) is 0.250. The van der Waals surface area contributed by atoms with Gasteiger partial charge in [-0.25, -0.2) is 25.9 Å². The van der Waals surface area contributed by atoms with Crippen LogP contribution in [0.5, 0.6) is 5.75 Å². The molecule has 2 rings (SSSR count). The molecule has 0 radical (unpaired) electrons. The summed E-state index contributed by atoms with van der Waals surface area (Å²) in [7, 11) is -4.13. The van der Waals surface area contributed by atoms with E-state index in [1.165, 1.54) is 50.5 Å². The maximum absolute atomic E-state index is 12.0. The Morgan fingerprint density at radius 2 is 1.48 bits per heavy atom. The molecule has 0 atom stereocenters. The first-order chi connectivity index (χ1) is 11.7. The van der Waals surface area contributed by atoms with Crippen molar-refractivity contribution in [1.29, 1.82) is 0 Å². The number of rotatable bonds is 8. The van der Waals surface area contributed by atoms with Crippen molar-refractivity contribution >= 4 is 20.0 Å². The number of benzene rings is 2. The second-order valence-electron chi connectivity index (χ2n) is 5.32. The quantitative estimate of drug-likeness (QED) is 0.693. The summed E-state index contributed by atoms with van der Waals surface area (Å²) >= 11 is 0. The molecule has 136 valence electrons. The minimum absolute atomic E-state index is 0.0922. The van der Waals surface area contributed by atoms with E-state index in [9.17, 15) is 16.8 Å². The van der Waals surface area contributed by atoms with Gasteiger partial charge in [0.2, 0.25) is 20.0 Å². The number of nitrogens with zero attached hydrogens (tertiary/aromatic N) is 1. The smallest absolute Gasteiger partial charge is 0.242 e. The summed E-state index contributed by atoms with van der Waals surface area (Å²) in [4.78, 5) is 0.350. The van der Waals surface area contributed by atoms with Crippen molar-refractivity contribution in [3.63, 3.8) is 0 Å². The molecule has 7 nitrogen and oxygen atoms in total. The molecule has 25 heavy (non-hydrogen) atoms. The Hall–Kier alpha value is -1.94. The predicted molar refractivity (Wildman–Crippen MR) is 94.4 cm³/mol. The van der Waals surface area contributed by atoms with Crippen molar-refractivity contribution in [3.05, 3.63) is 54.6 Å². The van der Waals surface area contributed by atoms with Crippen LogP contribution in [-0.2, 0) is 20.0 Å². The second-order valence-corrected chi connectivity index (χ2v) is 9.24. The SMILES string of the molecule is CN(C)S(=O)(=O)c1ccc(OCCNS(=O)(=O)c2ccccc2)cc1. The Morgan fingerprint density at radius 3 is 2.04 bits per heavy atom. The zero-order valence-corrected chi connectivity index (χ0v) is 15.5. The van der Waals surface area contributed by atoms with Crippen LogP contribution in [0, 0.1) is 0 Å². The minimum atomic E-state index is -3.57. The third-order valence-corrected chi connectivity index (χ3v) is 6.62. The topological polar surface area (TPSA) is 92.8 Å². The maximum Gasteiger partial charge on any atom is 0.242 e. The van der Waals surface area contributed by atoms with Crippen LogP contribution < -0.4 is 9.46 Å². The summed E-state index contributed by atoms with van der Waals surface area (Å²) in [5, 5.41) is 0. The van der Waals surface area contributed by atoms with E-state index in [4.69, 9.17) is 4.74 Å². The fourth-order valence-electron chi connectivity index (χ4n) is 1.95. The first kappa shape index (κ1) is 19.4. The molecule has 0 aliphatic carbocycles. The van der Waals surface area contributed by atoms with Crippen LogP contribution in [0.2, 0.25) is 0 Å². The zero-order valence-electron chi connectivity index (χ0n) is 13.9. The van der Waals surface area contributed by atoms with Crippen LogP contribution in [0.3, 0.4) is 0 Å². The third kappa shape index (κ3) is 5.02. The van der Waals surface area contributed by atoms with E-state index in [0.717, 1.165) is 4.31 Å². The van der Waals surface area contributed by atoms with Gasteiger partial charge < -0.3 is 4.74 Å². The molecule has 0 fully saturated rings. The van der Waals surface area contributed by atoms with Gasteiger partial charge in [-0.1, -0.05) is 18.2 Å². The standard InChI is InChI=1S/C16H20N2O5S2/c1-18(2)25(21,22)16-10-8-14(9-11-16)23-13-12-17-24(19,20)15-6-4-3-5-7-15/h3-11,17H,12-13H2,1-2H3. The lowest BCUT2D eigenvalue weighted by molar-refractivity contribution is 0.322. The van der Waals surface area contributed by atoms with Gasteiger partial charge in [0.15, 0.2) is 0 Å². The van der Waals surface area contributed by atoms with Crippen LogP contribution in [0.4, 0.5) is 0 Å². The van der Waals surface area contributed by atoms with Gasteiger partial charge in [0, 0.05) is 20.6 Å². The first-order valence-corrected chi connectivity index (χ1v) is 10.4. The molecule has 9 heteroatoms. The van der Waals surface area contributed by atoms with Crippen LogP contribution in [0.15, 0.2) is 64.4 Å². The molecule has 0 aliphatic heterocycles. The lowest BCUT2D eigenvalue weighted by Gasteiger charge is -2.12. The number of hydrogen-bond donors (Lipinski definition) is 1. The molecule has 0 aromatic heterocycles. The zero-order chi connectivity index (χ0) is 18.5. The highest BCUT2D eigenvalue weighted by Crippen LogP contribution is 2.18. The number of sulfonamides is 2. The molecule has 0 unspecified atom stereocenters. The Bertz CT molecular complexity index is 893. The molecular formula is C16H20N2O5S2. The summed E-state index contributed by atoms with van der Waals surface area (Å²) in [6.07, 6.45) is 0. The van der Waals surface area contributed by atoms with Gasteiger partial charge in [-0.05, 0) is 36.4 Å². The summed E-state index contributed by atoms with van der Waals surface area (Å²) in [6.45, 7) is 0.209. The Kier molecular flexibility index (Phi) is 6.17. The van der Waals surface area contributed by atoms with E-state index in [1.54, 1.807) is 18.2 Å². The first-order valence-electron chi connectivity index (χ1n) is 7.43. The number of hydrogen-bond acceptors (Lipinski definition) is 5. The van der Waals surface area contributed by atoms with Gasteiger partial charge in [-0.15, -0.1) is 0 Å². The van der Waals surface area contributed by atoms with E-state index in [0.29, 0.717) is 5.75 Å². The molecule has 0 saturated carbocycles. The Morgan fingerprint density at radius 1 is 0.880 bits per heavy atom. The van der Waals surface area contributed by atoms with E-state index in [2.05, 4.69) is 4.72 Å². The van der Waals surface area contributed by atoms with Gasteiger partial charge in [0.1, 0.15) is 12.4 Å². The van der Waals surface area contributed by atoms with Crippen molar-refractivity contribution in [1.82, 2.24) is 9.03 Å². The predicted octanol–water partition coefficient (Wildman–Crippen LogP) is 1.29. The lowest BCUT2D eigenvalue weighted by Crippen LogP contribution is -2.28. The fourth-order valence-corrected chi connectivity index (χ4v) is 3.88. The van der Waals surface area contributed by atoms with Crippen molar-refractivity contribution in [2.75, 3.05) is 27.2 Å². The minimum Gasteiger partial charge on any atom is -0.492 e. The van der Waals surface area contributed by atoms with Crippen LogP contribution >= 0.6 is 0 Å². The molecule has 2 aromatic carbocycles. The largest absolute Gasteiger partial charge is 0.492 e. The molecule has 2 aromatic rings. The van der Waals surface area contributed by atoms with Gasteiger partial charge in [0.05, 0.1) is 9.79 Å². The maximum atomic E-state index is 12.0. The Balaban J connectivity index is 1.89. The highest BCUT2D eigenvalue weighted by molar-refractivity contribution is 7.89. The molecule has 0 saturated heterocycles. The normalized spacial score (nSPS) is 12.3. The molecule has 0 heterocycles. The van der Waals surface area contributed by atoms with Gasteiger partial charge in [-0.3, -0.25) is 0 Å². The van der Waals surface area contributed by atoms with Crippen LogP contribution in [-0.4, -0.2) is 48.4 Å². The molecule has 0 amide bonds. The van der Waals surface area contributed by atoms with Crippen LogP contribution in [0.1, 0.15) is 0 Å². The van der Waals surface area contributed by atoms with E-state index >= 15 is 0 Å². The summed E-state index contributed by atoms with van der Waals surface area (Å²) in [5.74, 6) is 0.455. The van der Waals surface area contributed by atoms with Gasteiger partial charge in [0.25, 0.3) is 0 Å². The molecule has 1 N–H and O–H groups in total. The molecule has 0 spiro atoms. The van der Waals surface area contributed by atoms with Crippen molar-refractivity contribution in [2.24, 2.45) is 0 Å². The van der Waals surface area contributed by atoms with Crippen molar-refractivity contribution in [3.8, 4) is 5.75 Å². The highest BCUT2D eigenvalue weighted by Gasteiger charge is 2.16. The summed E-state index contributed by atoms with van der Waals surface area (Å²) in [6, 6.07) is 14.0. The summed E-state index contributed by atoms with van der Waals surface area (Å²) < 4.78 is 57.0. The average molecular weight is 384 g/mol. The number of ether oxygens (including phenoxy) is 1. The van der Waals surface area contributed by atoms with Crippen LogP contribution in [0.25, 0.3) is 0 Å². The van der Waals surface area contributed by atoms with Crippen molar-refractivity contribution < 1.29 is 21.6 Å². The average Bonchev–Trinajstić information content (AvgIpc) is 2.60. The molecular weight excluding hydrogens is 364 g/mol. The Labute approximate surface area is 148 Å². The number of nitrogens with one attached hydrogen (secondary N) is 1.